The van der Waals surface area contributed by atoms with E-state index < -0.39 is 10.0 Å². The number of benzene rings is 1. The van der Waals surface area contributed by atoms with Crippen molar-refractivity contribution in [3.63, 3.8) is 0 Å². The van der Waals surface area contributed by atoms with E-state index in [9.17, 15) is 8.42 Å². The van der Waals surface area contributed by atoms with Gasteiger partial charge in [0.15, 0.2) is 0 Å². The third-order valence-electron chi connectivity index (χ3n) is 3.61. The Kier molecular flexibility index (Phi) is 3.78. The Hall–Kier alpha value is -0.870. The zero-order valence-corrected chi connectivity index (χ0v) is 12.1. The number of aryl methyl sites for hydroxylation is 1. The summed E-state index contributed by atoms with van der Waals surface area (Å²) in [6, 6.07) is 7.54. The Morgan fingerprint density at radius 2 is 1.72 bits per heavy atom. The largest absolute Gasteiger partial charge is 0.243 e. The fraction of sp³-hybridized carbons (Fsp3) is 0.571. The molecule has 0 aromatic heterocycles. The van der Waals surface area contributed by atoms with Crippen molar-refractivity contribution >= 4 is 10.0 Å². The van der Waals surface area contributed by atoms with Gasteiger partial charge in [-0.25, -0.2) is 8.42 Å². The van der Waals surface area contributed by atoms with E-state index in [0.29, 0.717) is 4.90 Å². The topological polar surface area (TPSA) is 37.1 Å². The molecule has 1 heterocycles. The molecule has 0 spiro atoms. The maximum Gasteiger partial charge on any atom is 0.243 e. The molecule has 1 unspecified atom stereocenters. The Morgan fingerprint density at radius 3 is 2.22 bits per heavy atom. The molecule has 1 fully saturated rings. The number of hydrogen-bond acceptors (Lipinski definition) is 2. The third-order valence-corrected chi connectivity index (χ3v) is 5.57. The molecule has 100 valence electrons. The molecular formula is C14H21NO2S. The van der Waals surface area contributed by atoms with Crippen molar-refractivity contribution in [1.29, 1.82) is 0 Å². The van der Waals surface area contributed by atoms with Gasteiger partial charge in [-0.1, -0.05) is 38.0 Å². The normalized spacial score (nSPS) is 27.2. The molecule has 1 saturated heterocycles. The first-order valence-corrected chi connectivity index (χ1v) is 8.06. The van der Waals surface area contributed by atoms with Crippen LogP contribution in [0, 0.1) is 6.92 Å². The van der Waals surface area contributed by atoms with Gasteiger partial charge < -0.3 is 0 Å². The van der Waals surface area contributed by atoms with Gasteiger partial charge in [0.05, 0.1) is 4.90 Å². The molecule has 1 aliphatic heterocycles. The van der Waals surface area contributed by atoms with Crippen molar-refractivity contribution < 1.29 is 8.42 Å². The smallest absolute Gasteiger partial charge is 0.207 e. The first kappa shape index (κ1) is 13.6. The predicted octanol–water partition coefficient (Wildman–Crippen LogP) is 2.95. The molecule has 0 bridgehead atoms. The highest BCUT2D eigenvalue weighted by Gasteiger charge is 2.53. The maximum atomic E-state index is 12.5. The second kappa shape index (κ2) is 5.02. The highest BCUT2D eigenvalue weighted by Crippen LogP contribution is 2.40. The van der Waals surface area contributed by atoms with E-state index in [1.54, 1.807) is 16.4 Å². The van der Waals surface area contributed by atoms with E-state index in [-0.39, 0.29) is 12.1 Å². The lowest BCUT2D eigenvalue weighted by molar-refractivity contribution is 0.538. The summed E-state index contributed by atoms with van der Waals surface area (Å²) in [4.78, 5) is 0.421. The van der Waals surface area contributed by atoms with E-state index in [2.05, 4.69) is 13.8 Å². The van der Waals surface area contributed by atoms with Crippen LogP contribution in [0.25, 0.3) is 0 Å². The second-order valence-electron chi connectivity index (χ2n) is 4.98. The summed E-state index contributed by atoms with van der Waals surface area (Å²) in [5, 5.41) is 0. The van der Waals surface area contributed by atoms with Gasteiger partial charge >= 0.3 is 0 Å². The van der Waals surface area contributed by atoms with E-state index in [0.717, 1.165) is 24.8 Å². The first-order valence-electron chi connectivity index (χ1n) is 6.62. The molecule has 0 aliphatic carbocycles. The molecule has 1 aliphatic rings. The predicted molar refractivity (Wildman–Crippen MR) is 73.0 cm³/mol. The minimum Gasteiger partial charge on any atom is -0.207 e. The lowest BCUT2D eigenvalue weighted by atomic mass is 10.2. The van der Waals surface area contributed by atoms with Gasteiger partial charge in [-0.15, -0.1) is 0 Å². The highest BCUT2D eigenvalue weighted by atomic mass is 32.2. The van der Waals surface area contributed by atoms with Gasteiger partial charge in [0, 0.05) is 12.1 Å². The molecule has 18 heavy (non-hydrogen) atoms. The van der Waals surface area contributed by atoms with Crippen molar-refractivity contribution in [3.05, 3.63) is 29.8 Å². The number of rotatable bonds is 5. The van der Waals surface area contributed by atoms with E-state index >= 15 is 0 Å². The SMILES string of the molecule is CCC[C@H]1[C@H](CC)N1S(=O)(=O)c1ccc(C)cc1. The highest BCUT2D eigenvalue weighted by molar-refractivity contribution is 7.89. The van der Waals surface area contributed by atoms with Crippen LogP contribution >= 0.6 is 0 Å². The molecule has 1 aromatic rings. The summed E-state index contributed by atoms with van der Waals surface area (Å²) in [5.74, 6) is 0. The van der Waals surface area contributed by atoms with Crippen molar-refractivity contribution in [3.8, 4) is 0 Å². The minimum atomic E-state index is -3.28. The van der Waals surface area contributed by atoms with Crippen LogP contribution in [-0.4, -0.2) is 24.8 Å². The first-order chi connectivity index (χ1) is 8.52. The molecule has 0 radical (unpaired) electrons. The molecule has 1 aromatic carbocycles. The Morgan fingerprint density at radius 1 is 1.11 bits per heavy atom. The fourth-order valence-corrected chi connectivity index (χ4v) is 4.48. The van der Waals surface area contributed by atoms with Gasteiger partial charge in [0.2, 0.25) is 10.0 Å². The minimum absolute atomic E-state index is 0.205. The summed E-state index contributed by atoms with van der Waals surface area (Å²) < 4.78 is 26.7. The number of sulfonamides is 1. The Balaban J connectivity index is 2.24. The summed E-state index contributed by atoms with van der Waals surface area (Å²) in [6.45, 7) is 6.11. The van der Waals surface area contributed by atoms with Gasteiger partial charge in [0.25, 0.3) is 0 Å². The number of hydrogen-bond donors (Lipinski definition) is 0. The van der Waals surface area contributed by atoms with Crippen LogP contribution < -0.4 is 0 Å². The van der Waals surface area contributed by atoms with Gasteiger partial charge in [-0.05, 0) is 31.9 Å². The molecule has 2 rings (SSSR count). The number of nitrogens with zero attached hydrogens (tertiary/aromatic N) is 1. The molecule has 0 amide bonds. The zero-order valence-electron chi connectivity index (χ0n) is 11.3. The summed E-state index contributed by atoms with van der Waals surface area (Å²) in [7, 11) is -3.28. The molecule has 0 N–H and O–H groups in total. The standard InChI is InChI=1S/C14H21NO2S/c1-4-6-14-13(5-2)15(14)18(16,17)12-9-7-11(3)8-10-12/h7-10,13-14H,4-6H2,1-3H3/t13-,14-,15?/m0/s1. The van der Waals surface area contributed by atoms with Crippen molar-refractivity contribution in [2.75, 3.05) is 0 Å². The van der Waals surface area contributed by atoms with Gasteiger partial charge in [-0.3, -0.25) is 0 Å². The van der Waals surface area contributed by atoms with E-state index in [1.165, 1.54) is 0 Å². The van der Waals surface area contributed by atoms with Crippen LogP contribution in [0.15, 0.2) is 29.2 Å². The quantitative estimate of drug-likeness (QED) is 0.769. The maximum absolute atomic E-state index is 12.5. The van der Waals surface area contributed by atoms with Crippen molar-refractivity contribution in [2.45, 2.75) is 57.0 Å². The van der Waals surface area contributed by atoms with Crippen LogP contribution in [0.3, 0.4) is 0 Å². The summed E-state index contributed by atoms with van der Waals surface area (Å²) in [6.07, 6.45) is 2.89. The second-order valence-corrected chi connectivity index (χ2v) is 6.82. The average Bonchev–Trinajstić information content (AvgIpc) is 3.04. The van der Waals surface area contributed by atoms with E-state index in [1.807, 2.05) is 19.1 Å². The lowest BCUT2D eigenvalue weighted by Gasteiger charge is -2.07. The van der Waals surface area contributed by atoms with E-state index in [4.69, 9.17) is 0 Å². The average molecular weight is 267 g/mol. The molecule has 3 atom stereocenters. The fourth-order valence-electron chi connectivity index (χ4n) is 2.57. The van der Waals surface area contributed by atoms with Crippen molar-refractivity contribution in [1.82, 2.24) is 4.31 Å². The third kappa shape index (κ3) is 2.31. The molecular weight excluding hydrogens is 246 g/mol. The Bertz CT molecular complexity index is 507. The van der Waals surface area contributed by atoms with Crippen LogP contribution in [0.5, 0.6) is 0 Å². The zero-order chi connectivity index (χ0) is 13.3. The van der Waals surface area contributed by atoms with Crippen LogP contribution in [0.4, 0.5) is 0 Å². The molecule has 4 heteroatoms. The van der Waals surface area contributed by atoms with Crippen LogP contribution in [0.1, 0.15) is 38.7 Å². The molecule has 0 saturated carbocycles. The van der Waals surface area contributed by atoms with Gasteiger partial charge in [0.1, 0.15) is 0 Å². The molecule has 3 nitrogen and oxygen atoms in total. The Labute approximate surface area is 110 Å². The lowest BCUT2D eigenvalue weighted by Crippen LogP contribution is -2.15. The van der Waals surface area contributed by atoms with Crippen molar-refractivity contribution in [2.24, 2.45) is 0 Å². The van der Waals surface area contributed by atoms with Gasteiger partial charge in [-0.2, -0.15) is 4.31 Å². The van der Waals surface area contributed by atoms with Crippen LogP contribution in [-0.2, 0) is 10.0 Å². The summed E-state index contributed by atoms with van der Waals surface area (Å²) in [5.41, 5.74) is 1.08. The summed E-state index contributed by atoms with van der Waals surface area (Å²) >= 11 is 0. The van der Waals surface area contributed by atoms with Crippen LogP contribution in [0.2, 0.25) is 0 Å². The monoisotopic (exact) mass is 267 g/mol.